The van der Waals surface area contributed by atoms with Gasteiger partial charge in [-0.15, -0.1) is 0 Å². The van der Waals surface area contributed by atoms with E-state index in [0.717, 1.165) is 0 Å². The highest BCUT2D eigenvalue weighted by Crippen LogP contribution is 2.02. The maximum absolute atomic E-state index is 10.5. The van der Waals surface area contributed by atoms with Gasteiger partial charge in [-0.25, -0.2) is 4.79 Å². The fourth-order valence-electron chi connectivity index (χ4n) is 0.805. The van der Waals surface area contributed by atoms with Gasteiger partial charge in [0.2, 0.25) is 5.91 Å². The molecule has 0 aromatic heterocycles. The smallest absolute Gasteiger partial charge is 0.405 e. The van der Waals surface area contributed by atoms with E-state index < -0.39 is 24.1 Å². The zero-order valence-electron chi connectivity index (χ0n) is 5.40. The highest BCUT2D eigenvalue weighted by atomic mass is 16.4. The Kier molecular flexibility index (Phi) is 1.75. The lowest BCUT2D eigenvalue weighted by Crippen LogP contribution is -2.69. The molecule has 1 aliphatic rings. The number of amides is 2. The molecule has 3 N–H and O–H groups in total. The van der Waals surface area contributed by atoms with Crippen molar-refractivity contribution < 1.29 is 19.5 Å². The van der Waals surface area contributed by atoms with Crippen molar-refractivity contribution >= 4 is 18.3 Å². The first-order valence-corrected chi connectivity index (χ1v) is 2.90. The Hall–Kier alpha value is -1.59. The van der Waals surface area contributed by atoms with Crippen LogP contribution >= 0.6 is 0 Å². The Morgan fingerprint density at radius 3 is 2.73 bits per heavy atom. The van der Waals surface area contributed by atoms with E-state index in [0.29, 0.717) is 6.29 Å². The van der Waals surface area contributed by atoms with Crippen molar-refractivity contribution in [3.8, 4) is 0 Å². The molecule has 1 fully saturated rings. The predicted octanol–water partition coefficient (Wildman–Crippen LogP) is -1.68. The van der Waals surface area contributed by atoms with Crippen LogP contribution in [-0.2, 0) is 9.59 Å². The number of hydrogen-bond donors (Lipinski definition) is 3. The maximum atomic E-state index is 10.5. The molecule has 0 unspecified atom stereocenters. The van der Waals surface area contributed by atoms with Gasteiger partial charge in [0.15, 0.2) is 0 Å². The third kappa shape index (κ3) is 1.28. The minimum Gasteiger partial charge on any atom is -0.465 e. The number of β-lactam (4-membered cyclic amide) rings is 1. The Bertz CT molecular complexity index is 215. The highest BCUT2D eigenvalue weighted by molar-refractivity contribution is 5.97. The summed E-state index contributed by atoms with van der Waals surface area (Å²) >= 11 is 0. The van der Waals surface area contributed by atoms with Crippen molar-refractivity contribution in [1.82, 2.24) is 10.6 Å². The zero-order chi connectivity index (χ0) is 8.43. The molecule has 0 aliphatic carbocycles. The largest absolute Gasteiger partial charge is 0.465 e. The molecule has 11 heavy (non-hydrogen) atoms. The highest BCUT2D eigenvalue weighted by Gasteiger charge is 2.40. The molecule has 0 spiro atoms. The molecule has 2 atom stereocenters. The first-order chi connectivity index (χ1) is 5.15. The summed E-state index contributed by atoms with van der Waals surface area (Å²) in [5, 5.41) is 12.3. The summed E-state index contributed by atoms with van der Waals surface area (Å²) in [4.78, 5) is 30.6. The second-order valence-corrected chi connectivity index (χ2v) is 2.10. The number of hydrogen-bond acceptors (Lipinski definition) is 3. The van der Waals surface area contributed by atoms with Crippen LogP contribution in [0.4, 0.5) is 4.79 Å². The first kappa shape index (κ1) is 7.52. The lowest BCUT2D eigenvalue weighted by Gasteiger charge is -2.31. The third-order valence-corrected chi connectivity index (χ3v) is 1.38. The summed E-state index contributed by atoms with van der Waals surface area (Å²) in [6, 6.07) is -1.62. The van der Waals surface area contributed by atoms with Gasteiger partial charge in [0.25, 0.3) is 0 Å². The van der Waals surface area contributed by atoms with Crippen LogP contribution in [0.2, 0.25) is 0 Å². The topological polar surface area (TPSA) is 95.5 Å². The average Bonchev–Trinajstić information content (AvgIpc) is 1.95. The zero-order valence-corrected chi connectivity index (χ0v) is 5.40. The predicted molar refractivity (Wildman–Crippen MR) is 32.9 cm³/mol. The molecule has 6 nitrogen and oxygen atoms in total. The Labute approximate surface area is 61.6 Å². The number of carbonyl (C=O) groups excluding carboxylic acids is 2. The van der Waals surface area contributed by atoms with Crippen LogP contribution in [0.5, 0.6) is 0 Å². The Morgan fingerprint density at radius 1 is 1.73 bits per heavy atom. The van der Waals surface area contributed by atoms with Gasteiger partial charge in [-0.1, -0.05) is 0 Å². The van der Waals surface area contributed by atoms with E-state index in [4.69, 9.17) is 5.11 Å². The summed E-state index contributed by atoms with van der Waals surface area (Å²) in [6.45, 7) is 0. The number of carboxylic acid groups (broad SMARTS) is 1. The first-order valence-electron chi connectivity index (χ1n) is 2.90. The molecule has 1 saturated heterocycles. The molecule has 1 rings (SSSR count). The molecule has 1 heterocycles. The third-order valence-electron chi connectivity index (χ3n) is 1.38. The molecule has 0 radical (unpaired) electrons. The molecule has 60 valence electrons. The summed E-state index contributed by atoms with van der Waals surface area (Å²) in [5.74, 6) is -0.468. The molecular formula is C5H6N2O4. The van der Waals surface area contributed by atoms with E-state index >= 15 is 0 Å². The maximum Gasteiger partial charge on any atom is 0.405 e. The lowest BCUT2D eigenvalue weighted by atomic mass is 10.0. The van der Waals surface area contributed by atoms with Crippen molar-refractivity contribution in [2.24, 2.45) is 0 Å². The van der Waals surface area contributed by atoms with E-state index in [1.165, 1.54) is 0 Å². The summed E-state index contributed by atoms with van der Waals surface area (Å²) in [7, 11) is 0. The monoisotopic (exact) mass is 158 g/mol. The number of nitrogens with one attached hydrogen (secondary N) is 2. The van der Waals surface area contributed by atoms with Crippen LogP contribution in [0.25, 0.3) is 0 Å². The number of rotatable bonds is 2. The average molecular weight is 158 g/mol. The molecule has 2 amide bonds. The Morgan fingerprint density at radius 2 is 2.36 bits per heavy atom. The molecular weight excluding hydrogens is 152 g/mol. The fourth-order valence-corrected chi connectivity index (χ4v) is 0.805. The van der Waals surface area contributed by atoms with Gasteiger partial charge in [-0.05, 0) is 0 Å². The van der Waals surface area contributed by atoms with E-state index in [1.54, 1.807) is 0 Å². The van der Waals surface area contributed by atoms with Gasteiger partial charge in [-0.2, -0.15) is 0 Å². The van der Waals surface area contributed by atoms with E-state index in [-0.39, 0.29) is 0 Å². The Balaban J connectivity index is 2.48. The van der Waals surface area contributed by atoms with Crippen LogP contribution in [0, 0.1) is 0 Å². The van der Waals surface area contributed by atoms with Gasteiger partial charge in [0, 0.05) is 0 Å². The fraction of sp³-hybridized carbons (Fsp3) is 0.400. The second-order valence-electron chi connectivity index (χ2n) is 2.10. The van der Waals surface area contributed by atoms with Crippen LogP contribution in [0.1, 0.15) is 0 Å². The van der Waals surface area contributed by atoms with E-state index in [2.05, 4.69) is 5.32 Å². The minimum atomic E-state index is -1.31. The molecule has 0 aromatic carbocycles. The van der Waals surface area contributed by atoms with Crippen molar-refractivity contribution in [2.75, 3.05) is 0 Å². The van der Waals surface area contributed by atoms with E-state index in [1.807, 2.05) is 5.32 Å². The molecule has 0 saturated carbocycles. The summed E-state index contributed by atoms with van der Waals surface area (Å²) in [5.41, 5.74) is 0. The van der Waals surface area contributed by atoms with E-state index in [9.17, 15) is 14.4 Å². The van der Waals surface area contributed by atoms with Crippen LogP contribution in [0.15, 0.2) is 0 Å². The summed E-state index contributed by atoms with van der Waals surface area (Å²) in [6.07, 6.45) is -0.821. The number of carbonyl (C=O) groups is 3. The second kappa shape index (κ2) is 2.57. The van der Waals surface area contributed by atoms with Gasteiger partial charge < -0.3 is 20.5 Å². The van der Waals surface area contributed by atoms with Crippen molar-refractivity contribution in [3.63, 3.8) is 0 Å². The molecule has 1 aliphatic heterocycles. The normalized spacial score (nSPS) is 28.2. The van der Waals surface area contributed by atoms with Crippen molar-refractivity contribution in [1.29, 1.82) is 0 Å². The van der Waals surface area contributed by atoms with Crippen molar-refractivity contribution in [3.05, 3.63) is 0 Å². The SMILES string of the molecule is O=C[C@H]1NC(=O)[C@H]1NC(=O)O. The van der Waals surface area contributed by atoms with Crippen molar-refractivity contribution in [2.45, 2.75) is 12.1 Å². The van der Waals surface area contributed by atoms with Gasteiger partial charge in [-0.3, -0.25) is 4.79 Å². The standard InChI is InChI=1S/C5H6N2O4/c8-1-2-3(4(9)6-2)7-5(10)11/h1-3,7H,(H,6,9)(H,10,11)/t2-,3+/m1/s1. The molecule has 6 heteroatoms. The minimum absolute atomic E-state index is 0.468. The molecule has 0 aromatic rings. The van der Waals surface area contributed by atoms with Crippen LogP contribution < -0.4 is 10.6 Å². The number of aldehydes is 1. The van der Waals surface area contributed by atoms with Gasteiger partial charge in [0.1, 0.15) is 18.4 Å². The quantitative estimate of drug-likeness (QED) is 0.330. The van der Waals surface area contributed by atoms with Crippen LogP contribution in [-0.4, -0.2) is 35.5 Å². The lowest BCUT2D eigenvalue weighted by molar-refractivity contribution is -0.135. The van der Waals surface area contributed by atoms with Gasteiger partial charge in [0.05, 0.1) is 0 Å². The molecule has 0 bridgehead atoms. The summed E-state index contributed by atoms with van der Waals surface area (Å²) < 4.78 is 0. The van der Waals surface area contributed by atoms with Gasteiger partial charge >= 0.3 is 6.09 Å². The van der Waals surface area contributed by atoms with Crippen LogP contribution in [0.3, 0.4) is 0 Å².